The maximum absolute atomic E-state index is 14.1. The summed E-state index contributed by atoms with van der Waals surface area (Å²) in [6.45, 7) is 0. The first-order chi connectivity index (χ1) is 15.7. The number of halogens is 5. The molecule has 0 spiro atoms. The molecule has 5 nitrogen and oxygen atoms in total. The number of alkyl halides is 3. The van der Waals surface area contributed by atoms with Crippen LogP contribution in [0.15, 0.2) is 42.6 Å². The molecular formula is C23H17ClF4N2O3. The maximum atomic E-state index is 14.1. The van der Waals surface area contributed by atoms with Crippen LogP contribution in [0.5, 0.6) is 17.4 Å². The molecule has 0 aliphatic heterocycles. The monoisotopic (exact) mass is 480 g/mol. The minimum Gasteiger partial charge on any atom is -0.481 e. The Morgan fingerprint density at radius 3 is 2.58 bits per heavy atom. The van der Waals surface area contributed by atoms with E-state index in [0.29, 0.717) is 42.1 Å². The summed E-state index contributed by atoms with van der Waals surface area (Å²) < 4.78 is 65.4. The first-order valence-corrected chi connectivity index (χ1v) is 10.3. The van der Waals surface area contributed by atoms with Gasteiger partial charge in [-0.25, -0.2) is 9.37 Å². The molecule has 0 unspecified atom stereocenters. The highest BCUT2D eigenvalue weighted by Crippen LogP contribution is 2.42. The summed E-state index contributed by atoms with van der Waals surface area (Å²) in [5.41, 5.74) is -0.0347. The lowest BCUT2D eigenvalue weighted by atomic mass is 10.1. The topological polar surface area (TPSA) is 60.5 Å². The lowest BCUT2D eigenvalue weighted by Gasteiger charge is -2.18. The second-order valence-electron chi connectivity index (χ2n) is 7.33. The summed E-state index contributed by atoms with van der Waals surface area (Å²) in [6.07, 6.45) is -1.66. The highest BCUT2D eigenvalue weighted by molar-refractivity contribution is 6.32. The Hall–Kier alpha value is -3.33. The molecule has 0 atom stereocenters. The van der Waals surface area contributed by atoms with Gasteiger partial charge < -0.3 is 14.8 Å². The Bertz CT molecular complexity index is 1230. The summed E-state index contributed by atoms with van der Waals surface area (Å²) in [6, 6.07) is 7.04. The molecule has 1 amide bonds. The maximum Gasteiger partial charge on any atom is 0.417 e. The fourth-order valence-electron chi connectivity index (χ4n) is 3.67. The zero-order valence-electron chi connectivity index (χ0n) is 17.2. The van der Waals surface area contributed by atoms with Crippen LogP contribution in [0, 0.1) is 5.82 Å². The van der Waals surface area contributed by atoms with Crippen molar-refractivity contribution < 1.29 is 31.8 Å². The molecule has 1 N–H and O–H groups in total. The number of nitrogens with one attached hydrogen (secondary N) is 1. The van der Waals surface area contributed by atoms with Gasteiger partial charge in [-0.05, 0) is 55.2 Å². The van der Waals surface area contributed by atoms with Gasteiger partial charge in [0.1, 0.15) is 17.3 Å². The number of ether oxygens (including phenoxy) is 2. The number of rotatable bonds is 5. The number of nitrogens with zero attached hydrogens (tertiary/aromatic N) is 1. The number of pyridine rings is 1. The van der Waals surface area contributed by atoms with Crippen LogP contribution in [0.4, 0.5) is 23.2 Å². The van der Waals surface area contributed by atoms with Gasteiger partial charge in [-0.15, -0.1) is 0 Å². The van der Waals surface area contributed by atoms with E-state index in [1.807, 2.05) is 0 Å². The second kappa shape index (κ2) is 8.90. The van der Waals surface area contributed by atoms with Gasteiger partial charge in [0.15, 0.2) is 0 Å². The molecule has 0 saturated carbocycles. The van der Waals surface area contributed by atoms with Crippen LogP contribution in [0.1, 0.15) is 33.5 Å². The summed E-state index contributed by atoms with van der Waals surface area (Å²) in [5.74, 6) is -1.08. The van der Waals surface area contributed by atoms with Crippen molar-refractivity contribution in [2.45, 2.75) is 25.4 Å². The number of anilines is 1. The number of methoxy groups -OCH3 is 1. The molecule has 33 heavy (non-hydrogen) atoms. The lowest BCUT2D eigenvalue weighted by molar-refractivity contribution is -0.137. The molecule has 0 fully saturated rings. The van der Waals surface area contributed by atoms with Crippen molar-refractivity contribution in [3.8, 4) is 17.4 Å². The number of aromatic nitrogens is 1. The number of benzene rings is 2. The molecule has 2 aromatic carbocycles. The van der Waals surface area contributed by atoms with Crippen LogP contribution in [-0.2, 0) is 19.0 Å². The van der Waals surface area contributed by atoms with Crippen molar-refractivity contribution in [2.75, 3.05) is 12.4 Å². The third-order valence-corrected chi connectivity index (χ3v) is 5.54. The third kappa shape index (κ3) is 4.73. The Morgan fingerprint density at radius 2 is 1.85 bits per heavy atom. The summed E-state index contributed by atoms with van der Waals surface area (Å²) >= 11 is 5.86. The van der Waals surface area contributed by atoms with Gasteiger partial charge in [0.05, 0.1) is 23.3 Å². The second-order valence-corrected chi connectivity index (χ2v) is 7.73. The van der Waals surface area contributed by atoms with Crippen molar-refractivity contribution in [1.29, 1.82) is 0 Å². The van der Waals surface area contributed by atoms with Crippen molar-refractivity contribution in [3.05, 3.63) is 75.7 Å². The Balaban J connectivity index is 1.76. The first-order valence-electron chi connectivity index (χ1n) is 9.87. The van der Waals surface area contributed by atoms with Crippen molar-refractivity contribution >= 4 is 23.2 Å². The predicted molar refractivity (Wildman–Crippen MR) is 114 cm³/mol. The quantitative estimate of drug-likeness (QED) is 0.427. The number of fused-ring (bicyclic) bond motifs is 1. The van der Waals surface area contributed by atoms with Gasteiger partial charge in [-0.1, -0.05) is 11.6 Å². The number of carbonyl (C=O) groups is 1. The Kier molecular flexibility index (Phi) is 6.16. The van der Waals surface area contributed by atoms with Crippen LogP contribution >= 0.6 is 11.6 Å². The lowest BCUT2D eigenvalue weighted by Crippen LogP contribution is -2.15. The molecule has 0 saturated heterocycles. The molecule has 1 aliphatic carbocycles. The zero-order valence-corrected chi connectivity index (χ0v) is 18.0. The molecule has 1 aromatic heterocycles. The number of hydrogen-bond acceptors (Lipinski definition) is 4. The number of hydrogen-bond donors (Lipinski definition) is 1. The van der Waals surface area contributed by atoms with E-state index in [4.69, 9.17) is 21.1 Å². The minimum absolute atomic E-state index is 0.193. The molecule has 1 heterocycles. The largest absolute Gasteiger partial charge is 0.481 e. The van der Waals surface area contributed by atoms with Gasteiger partial charge >= 0.3 is 6.18 Å². The fourth-order valence-corrected chi connectivity index (χ4v) is 3.94. The van der Waals surface area contributed by atoms with Crippen LogP contribution in [0.3, 0.4) is 0 Å². The van der Waals surface area contributed by atoms with E-state index < -0.39 is 28.5 Å². The Morgan fingerprint density at radius 1 is 1.09 bits per heavy atom. The predicted octanol–water partition coefficient (Wildman–Crippen LogP) is 6.43. The molecule has 0 radical (unpaired) electrons. The fraction of sp³-hybridized carbons (Fsp3) is 0.217. The van der Waals surface area contributed by atoms with Crippen molar-refractivity contribution in [3.63, 3.8) is 0 Å². The van der Waals surface area contributed by atoms with Crippen LogP contribution in [0.25, 0.3) is 0 Å². The molecule has 4 rings (SSSR count). The number of amides is 1. The van der Waals surface area contributed by atoms with E-state index in [9.17, 15) is 22.4 Å². The average Bonchev–Trinajstić information content (AvgIpc) is 3.27. The standard InChI is InChI=1S/C23H17ClF4N2O3/c1-32-21-9-12(7-8-29-21)30-22(31)15-10-17(24)16(23(26,27)28)11-20(15)33-19-6-5-18(25)13-3-2-4-14(13)19/h5-11H,2-4H2,1H3,(H,29,30,31). The Labute approximate surface area is 191 Å². The van der Waals surface area contributed by atoms with E-state index in [1.165, 1.54) is 37.6 Å². The molecule has 3 aromatic rings. The van der Waals surface area contributed by atoms with E-state index in [1.54, 1.807) is 0 Å². The third-order valence-electron chi connectivity index (χ3n) is 5.23. The van der Waals surface area contributed by atoms with Crippen LogP contribution < -0.4 is 14.8 Å². The molecule has 1 aliphatic rings. The highest BCUT2D eigenvalue weighted by atomic mass is 35.5. The summed E-state index contributed by atoms with van der Waals surface area (Å²) in [4.78, 5) is 16.9. The smallest absolute Gasteiger partial charge is 0.417 e. The summed E-state index contributed by atoms with van der Waals surface area (Å²) in [5, 5.41) is 1.91. The SMILES string of the molecule is COc1cc(NC(=O)c2cc(Cl)c(C(F)(F)F)cc2Oc2ccc(F)c3c2CCC3)ccn1. The van der Waals surface area contributed by atoms with Gasteiger partial charge in [-0.2, -0.15) is 13.2 Å². The normalized spacial score (nSPS) is 12.9. The molecule has 0 bridgehead atoms. The summed E-state index contributed by atoms with van der Waals surface area (Å²) in [7, 11) is 1.40. The van der Waals surface area contributed by atoms with E-state index in [2.05, 4.69) is 10.3 Å². The average molecular weight is 481 g/mol. The van der Waals surface area contributed by atoms with Gasteiger partial charge in [-0.3, -0.25) is 4.79 Å². The van der Waals surface area contributed by atoms with Gasteiger partial charge in [0, 0.05) is 23.5 Å². The van der Waals surface area contributed by atoms with E-state index >= 15 is 0 Å². The van der Waals surface area contributed by atoms with Crippen LogP contribution in [0.2, 0.25) is 5.02 Å². The van der Waals surface area contributed by atoms with Crippen molar-refractivity contribution in [2.24, 2.45) is 0 Å². The minimum atomic E-state index is -4.77. The van der Waals surface area contributed by atoms with Gasteiger partial charge in [0.2, 0.25) is 5.88 Å². The van der Waals surface area contributed by atoms with Crippen molar-refractivity contribution in [1.82, 2.24) is 4.98 Å². The van der Waals surface area contributed by atoms with E-state index in [-0.39, 0.29) is 22.9 Å². The molecule has 172 valence electrons. The molecule has 10 heteroatoms. The zero-order chi connectivity index (χ0) is 23.8. The highest BCUT2D eigenvalue weighted by Gasteiger charge is 2.35. The van der Waals surface area contributed by atoms with Crippen LogP contribution in [-0.4, -0.2) is 18.0 Å². The van der Waals surface area contributed by atoms with E-state index in [0.717, 1.165) is 6.07 Å². The van der Waals surface area contributed by atoms with Gasteiger partial charge in [0.25, 0.3) is 5.91 Å². The first kappa shape index (κ1) is 22.8. The molecular weight excluding hydrogens is 464 g/mol. The number of carbonyl (C=O) groups excluding carboxylic acids is 1.